The van der Waals surface area contributed by atoms with Gasteiger partial charge in [0.15, 0.2) is 0 Å². The summed E-state index contributed by atoms with van der Waals surface area (Å²) in [5.74, 6) is 0. The number of hydrogen-bond donors (Lipinski definition) is 0. The number of nitriles is 2. The van der Waals surface area contributed by atoms with E-state index in [1.165, 1.54) is 13.8 Å². The van der Waals surface area contributed by atoms with Gasteiger partial charge in [-0.2, -0.15) is 41.1 Å². The first-order valence-corrected chi connectivity index (χ1v) is 23.3. The molecule has 0 spiro atoms. The number of aromatic nitrogens is 12. The summed E-state index contributed by atoms with van der Waals surface area (Å²) >= 11 is 0. The van der Waals surface area contributed by atoms with Gasteiger partial charge in [-0.05, 0) is 36.4 Å². The van der Waals surface area contributed by atoms with Crippen molar-refractivity contribution in [2.45, 2.75) is 26.4 Å². The molecule has 1 radical (unpaired) electrons. The Kier molecular flexibility index (Phi) is 22.6. The Labute approximate surface area is 432 Å². The molecule has 377 valence electrons. The van der Waals surface area contributed by atoms with Gasteiger partial charge in [0.1, 0.15) is 0 Å². The van der Waals surface area contributed by atoms with E-state index in [2.05, 4.69) is 58.7 Å². The maximum absolute atomic E-state index is 8.49. The molecular weight excluding hydrogens is 1040 g/mol. The molecule has 0 fully saturated rings. The first-order chi connectivity index (χ1) is 34.6. The van der Waals surface area contributed by atoms with Crippen LogP contribution < -0.4 is 37.3 Å². The molecule has 0 aliphatic heterocycles. The molecule has 22 nitrogen and oxygen atoms in total. The van der Waals surface area contributed by atoms with E-state index in [0.29, 0.717) is 0 Å². The summed E-state index contributed by atoms with van der Waals surface area (Å²) in [6.45, 7) is 2.86. The second kappa shape index (κ2) is 28.7. The molecule has 0 atom stereocenters. The molecule has 6 aromatic heterocycles. The van der Waals surface area contributed by atoms with Gasteiger partial charge in [0.25, 0.3) is 0 Å². The fraction of sp³-hybridized carbons (Fsp3) is 0.0833. The van der Waals surface area contributed by atoms with Crippen LogP contribution in [0.15, 0.2) is 207 Å². The van der Waals surface area contributed by atoms with E-state index in [-0.39, 0.29) is 29.6 Å². The van der Waals surface area contributed by atoms with Crippen molar-refractivity contribution in [3.05, 3.63) is 207 Å². The van der Waals surface area contributed by atoms with Crippen LogP contribution in [-0.4, -0.2) is 58.7 Å². The van der Waals surface area contributed by atoms with Crippen molar-refractivity contribution in [2.75, 3.05) is 0 Å². The van der Waals surface area contributed by atoms with Gasteiger partial charge in [-0.1, -0.05) is 121 Å². The SMILES string of the molecule is CC#N.CC#N.[Cu+2].[O-][Cl+3]([O-])([O-])[O-].[O-][Cl+3]([O-])([O-])[O-].c1ccc(-c2ccn(C(n3cccn3)n3ccc(-c4ccccc4)n3)n2)cc1.c1ccc(-c2ccn(C(n3cccn3)n3ccc(-c4ccccc4)n3)n2)cc1. The van der Waals surface area contributed by atoms with E-state index in [9.17, 15) is 0 Å². The van der Waals surface area contributed by atoms with Crippen molar-refractivity contribution >= 4 is 0 Å². The molecule has 6 heterocycles. The molecule has 0 bridgehead atoms. The molecule has 0 amide bonds. The third-order valence-electron chi connectivity index (χ3n) is 9.18. The van der Waals surface area contributed by atoms with Gasteiger partial charge in [-0.25, -0.2) is 65.4 Å². The average molecular weight is 1080 g/mol. The Morgan fingerprint density at radius 2 is 0.562 bits per heavy atom. The monoisotopic (exact) mass is 1080 g/mol. The number of benzene rings is 4. The third-order valence-corrected chi connectivity index (χ3v) is 9.18. The molecule has 4 aromatic carbocycles. The zero-order valence-corrected chi connectivity index (χ0v) is 40.8. The quantitative estimate of drug-likeness (QED) is 0.161. The molecule has 10 rings (SSSR count). The first-order valence-electron chi connectivity index (χ1n) is 20.9. The van der Waals surface area contributed by atoms with Crippen molar-refractivity contribution in [3.63, 3.8) is 0 Å². The largest absolute Gasteiger partial charge is 2.00 e. The van der Waals surface area contributed by atoms with E-state index >= 15 is 0 Å². The average Bonchev–Trinajstić information content (AvgIpc) is 4.23. The van der Waals surface area contributed by atoms with Crippen molar-refractivity contribution < 1.29 is 74.8 Å². The predicted molar refractivity (Wildman–Crippen MR) is 237 cm³/mol. The van der Waals surface area contributed by atoms with E-state index in [1.807, 2.05) is 174 Å². The minimum absolute atomic E-state index is 0. The summed E-state index contributed by atoms with van der Waals surface area (Å²) in [7, 11) is -9.89. The summed E-state index contributed by atoms with van der Waals surface area (Å²) in [5.41, 5.74) is 7.94. The molecular formula is C48H42Cl2CuN14O8. The molecule has 0 N–H and O–H groups in total. The molecule has 0 aliphatic rings. The maximum atomic E-state index is 8.49. The molecule has 73 heavy (non-hydrogen) atoms. The maximum Gasteiger partial charge on any atom is 2.00 e. The normalized spacial score (nSPS) is 10.4. The molecule has 0 saturated heterocycles. The Bertz CT molecular complexity index is 2770. The van der Waals surface area contributed by atoms with E-state index in [1.54, 1.807) is 24.5 Å². The Morgan fingerprint density at radius 1 is 0.356 bits per heavy atom. The van der Waals surface area contributed by atoms with E-state index in [4.69, 9.17) is 68.2 Å². The number of halogens is 2. The van der Waals surface area contributed by atoms with Crippen molar-refractivity contribution in [1.82, 2.24) is 58.7 Å². The van der Waals surface area contributed by atoms with E-state index < -0.39 is 20.5 Å². The Balaban J connectivity index is 0.000000243. The Morgan fingerprint density at radius 3 is 0.740 bits per heavy atom. The second-order valence-corrected chi connectivity index (χ2v) is 15.6. The number of nitrogens with zero attached hydrogens (tertiary/aromatic N) is 14. The Hall–Kier alpha value is -8.10. The van der Waals surface area contributed by atoms with Gasteiger partial charge >= 0.3 is 17.1 Å². The zero-order valence-electron chi connectivity index (χ0n) is 38.4. The van der Waals surface area contributed by atoms with Crippen LogP contribution in [0.3, 0.4) is 0 Å². The molecule has 0 aliphatic carbocycles. The summed E-state index contributed by atoms with van der Waals surface area (Å²) in [6.07, 6.45) is 14.5. The minimum Gasteiger partial charge on any atom is -0.227 e. The van der Waals surface area contributed by atoms with Crippen LogP contribution in [-0.2, 0) is 17.1 Å². The molecule has 0 unspecified atom stereocenters. The van der Waals surface area contributed by atoms with Gasteiger partial charge in [-0.3, -0.25) is 0 Å². The fourth-order valence-electron chi connectivity index (χ4n) is 6.48. The number of hydrogen-bond acceptors (Lipinski definition) is 16. The van der Waals surface area contributed by atoms with Gasteiger partial charge in [0, 0.05) is 85.7 Å². The smallest absolute Gasteiger partial charge is 0.227 e. The van der Waals surface area contributed by atoms with Crippen LogP contribution in [0, 0.1) is 43.1 Å². The number of rotatable bonds is 10. The third kappa shape index (κ3) is 18.9. The van der Waals surface area contributed by atoms with Gasteiger partial charge in [-0.15, -0.1) is 20.5 Å². The first kappa shape index (κ1) is 57.5. The molecule has 0 saturated carbocycles. The zero-order chi connectivity index (χ0) is 51.9. The van der Waals surface area contributed by atoms with Crippen molar-refractivity contribution in [1.29, 1.82) is 10.5 Å². The summed E-state index contributed by atoms with van der Waals surface area (Å²) in [6, 6.07) is 55.9. The van der Waals surface area contributed by atoms with Gasteiger partial charge in [0.05, 0.1) is 34.9 Å². The van der Waals surface area contributed by atoms with E-state index in [0.717, 1.165) is 45.0 Å². The summed E-state index contributed by atoms with van der Waals surface area (Å²) in [5, 5.41) is 42.7. The van der Waals surface area contributed by atoms with Crippen LogP contribution in [0.2, 0.25) is 0 Å². The topological polar surface area (TPSA) is 339 Å². The van der Waals surface area contributed by atoms with Gasteiger partial charge in [0.2, 0.25) is 12.6 Å². The van der Waals surface area contributed by atoms with Crippen molar-refractivity contribution in [2.24, 2.45) is 0 Å². The van der Waals surface area contributed by atoms with Crippen LogP contribution >= 0.6 is 0 Å². The fourth-order valence-corrected chi connectivity index (χ4v) is 6.48. The summed E-state index contributed by atoms with van der Waals surface area (Å²) in [4.78, 5) is 0. The second-order valence-electron chi connectivity index (χ2n) is 14.1. The van der Waals surface area contributed by atoms with Crippen LogP contribution in [0.1, 0.15) is 26.4 Å². The van der Waals surface area contributed by atoms with Crippen molar-refractivity contribution in [3.8, 4) is 57.2 Å². The minimum atomic E-state index is -4.94. The standard InChI is InChI=1S/2C22H18N6.2C2H3N.2ClHO4.Cu/c2*1-3-8-18(9-4-1)20-12-16-27(24-20)22(26-15-7-14-23-26)28-17-13-21(25-28)19-10-5-2-6-11-19;2*1-2-3;2*2-1(3,4)5;/h2*1-17,22H;2*1H3;2*(H,2,3,4,5);/q;;;;;;+2/p-2. The molecule has 25 heteroatoms. The van der Waals surface area contributed by atoms with Crippen LogP contribution in [0.4, 0.5) is 0 Å². The van der Waals surface area contributed by atoms with Crippen LogP contribution in [0.25, 0.3) is 45.0 Å². The van der Waals surface area contributed by atoms with Crippen LogP contribution in [0.5, 0.6) is 0 Å². The molecule has 10 aromatic rings. The summed E-state index contributed by atoms with van der Waals surface area (Å²) < 4.78 is 79.1. The van der Waals surface area contributed by atoms with Gasteiger partial charge < -0.3 is 0 Å². The predicted octanol–water partition coefficient (Wildman–Crippen LogP) is -0.129.